The van der Waals surface area contributed by atoms with Gasteiger partial charge in [0.2, 0.25) is 11.8 Å². The molecule has 2 N–H and O–H groups in total. The maximum Gasteiger partial charge on any atom is 0.233 e. The van der Waals surface area contributed by atoms with Crippen molar-refractivity contribution in [1.82, 2.24) is 4.90 Å². The molecule has 2 unspecified atom stereocenters. The van der Waals surface area contributed by atoms with Crippen molar-refractivity contribution in [2.45, 2.75) is 46.0 Å². The average Bonchev–Trinajstić information content (AvgIpc) is 2.56. The number of imide groups is 1. The highest BCUT2D eigenvalue weighted by atomic mass is 16.2. The molecule has 1 heterocycles. The highest BCUT2D eigenvalue weighted by Gasteiger charge is 2.44. The first kappa shape index (κ1) is 14.2. The second kappa shape index (κ2) is 6.74. The maximum absolute atomic E-state index is 12.1. The van der Waals surface area contributed by atoms with Gasteiger partial charge in [-0.2, -0.15) is 0 Å². The molecule has 4 nitrogen and oxygen atoms in total. The van der Waals surface area contributed by atoms with E-state index in [0.29, 0.717) is 13.1 Å². The second-order valence-electron chi connectivity index (χ2n) is 4.71. The number of hydrogen-bond acceptors (Lipinski definition) is 3. The van der Waals surface area contributed by atoms with Gasteiger partial charge >= 0.3 is 0 Å². The van der Waals surface area contributed by atoms with Crippen molar-refractivity contribution in [2.75, 3.05) is 13.1 Å². The Bertz CT molecular complexity index is 257. The van der Waals surface area contributed by atoms with Crippen LogP contribution < -0.4 is 5.73 Å². The molecule has 0 saturated carbocycles. The van der Waals surface area contributed by atoms with Crippen LogP contribution in [-0.4, -0.2) is 29.8 Å². The van der Waals surface area contributed by atoms with E-state index in [-0.39, 0.29) is 23.7 Å². The summed E-state index contributed by atoms with van der Waals surface area (Å²) < 4.78 is 0. The van der Waals surface area contributed by atoms with Gasteiger partial charge in [0, 0.05) is 18.4 Å². The highest BCUT2D eigenvalue weighted by Crippen LogP contribution is 2.31. The molecule has 0 aromatic rings. The van der Waals surface area contributed by atoms with Crippen LogP contribution >= 0.6 is 0 Å². The van der Waals surface area contributed by atoms with E-state index < -0.39 is 0 Å². The van der Waals surface area contributed by atoms with Crippen LogP contribution in [0.25, 0.3) is 0 Å². The third-order valence-corrected chi connectivity index (χ3v) is 3.62. The van der Waals surface area contributed by atoms with Crippen LogP contribution in [0.5, 0.6) is 0 Å². The first-order valence-corrected chi connectivity index (χ1v) is 6.72. The summed E-state index contributed by atoms with van der Waals surface area (Å²) in [6, 6.07) is 0. The number of nitrogens with two attached hydrogens (primary N) is 1. The number of nitrogens with zero attached hydrogens (tertiary/aromatic N) is 1. The van der Waals surface area contributed by atoms with Gasteiger partial charge in [-0.05, 0) is 32.2 Å². The fourth-order valence-corrected chi connectivity index (χ4v) is 2.58. The first-order chi connectivity index (χ1) is 8.17. The Balaban J connectivity index is 2.55. The second-order valence-corrected chi connectivity index (χ2v) is 4.71. The molecule has 1 fully saturated rings. The van der Waals surface area contributed by atoms with E-state index in [1.807, 2.05) is 13.8 Å². The largest absolute Gasteiger partial charge is 0.330 e. The predicted molar refractivity (Wildman–Crippen MR) is 67.2 cm³/mol. The normalized spacial score (nSPS) is 24.8. The van der Waals surface area contributed by atoms with Crippen molar-refractivity contribution < 1.29 is 9.59 Å². The number of rotatable bonds is 7. The Morgan fingerprint density at radius 2 is 1.53 bits per heavy atom. The lowest BCUT2D eigenvalue weighted by Gasteiger charge is -2.14. The molecule has 0 bridgehead atoms. The third kappa shape index (κ3) is 3.06. The van der Waals surface area contributed by atoms with Gasteiger partial charge in [0.15, 0.2) is 0 Å². The summed E-state index contributed by atoms with van der Waals surface area (Å²) in [7, 11) is 0. The molecular weight excluding hydrogens is 216 g/mol. The maximum atomic E-state index is 12.1. The zero-order chi connectivity index (χ0) is 12.8. The van der Waals surface area contributed by atoms with Crippen LogP contribution in [0.2, 0.25) is 0 Å². The molecule has 1 rings (SSSR count). The van der Waals surface area contributed by atoms with Crippen molar-refractivity contribution in [2.24, 2.45) is 17.6 Å². The zero-order valence-electron chi connectivity index (χ0n) is 10.9. The van der Waals surface area contributed by atoms with Gasteiger partial charge in [-0.25, -0.2) is 0 Å². The molecule has 17 heavy (non-hydrogen) atoms. The number of likely N-dealkylation sites (tertiary alicyclic amines) is 1. The quantitative estimate of drug-likeness (QED) is 0.542. The summed E-state index contributed by atoms with van der Waals surface area (Å²) in [5.74, 6) is -0.0850. The van der Waals surface area contributed by atoms with Crippen LogP contribution in [0.4, 0.5) is 0 Å². The minimum absolute atomic E-state index is 0.0390. The van der Waals surface area contributed by atoms with E-state index in [9.17, 15) is 9.59 Å². The molecule has 1 aliphatic rings. The number of hydrogen-bond donors (Lipinski definition) is 1. The standard InChI is InChI=1S/C13H24N2O2/c1-3-10-11(4-2)13(17)15(12(10)16)9-7-5-6-8-14/h10-11H,3-9,14H2,1-2H3. The van der Waals surface area contributed by atoms with Crippen molar-refractivity contribution in [3.63, 3.8) is 0 Å². The lowest BCUT2D eigenvalue weighted by atomic mass is 9.91. The Labute approximate surface area is 104 Å². The van der Waals surface area contributed by atoms with Gasteiger partial charge in [0.25, 0.3) is 0 Å². The SMILES string of the molecule is CCC1C(=O)N(CCCCCN)C(=O)C1CC. The third-order valence-electron chi connectivity index (χ3n) is 3.62. The molecule has 2 atom stereocenters. The molecule has 98 valence electrons. The van der Waals surface area contributed by atoms with Crippen molar-refractivity contribution in [1.29, 1.82) is 0 Å². The highest BCUT2D eigenvalue weighted by molar-refractivity contribution is 6.05. The molecular formula is C13H24N2O2. The summed E-state index contributed by atoms with van der Waals surface area (Å²) in [6.45, 7) is 5.22. The molecule has 0 spiro atoms. The van der Waals surface area contributed by atoms with E-state index in [1.165, 1.54) is 4.90 Å². The smallest absolute Gasteiger partial charge is 0.233 e. The topological polar surface area (TPSA) is 63.4 Å². The average molecular weight is 240 g/mol. The predicted octanol–water partition coefficient (Wildman–Crippen LogP) is 1.54. The minimum atomic E-state index is -0.0815. The first-order valence-electron chi connectivity index (χ1n) is 6.72. The molecule has 0 aliphatic carbocycles. The molecule has 1 aliphatic heterocycles. The lowest BCUT2D eigenvalue weighted by Crippen LogP contribution is -2.32. The monoisotopic (exact) mass is 240 g/mol. The van der Waals surface area contributed by atoms with Crippen LogP contribution in [-0.2, 0) is 9.59 Å². The van der Waals surface area contributed by atoms with E-state index >= 15 is 0 Å². The molecule has 1 saturated heterocycles. The number of amides is 2. The van der Waals surface area contributed by atoms with Gasteiger partial charge in [-0.1, -0.05) is 20.3 Å². The van der Waals surface area contributed by atoms with E-state index in [1.54, 1.807) is 0 Å². The molecule has 4 heteroatoms. The van der Waals surface area contributed by atoms with Gasteiger partial charge in [0.1, 0.15) is 0 Å². The zero-order valence-corrected chi connectivity index (χ0v) is 10.9. The van der Waals surface area contributed by atoms with E-state index in [4.69, 9.17) is 5.73 Å². The Morgan fingerprint density at radius 1 is 1.00 bits per heavy atom. The fourth-order valence-electron chi connectivity index (χ4n) is 2.58. The van der Waals surface area contributed by atoms with Gasteiger partial charge in [-0.3, -0.25) is 14.5 Å². The van der Waals surface area contributed by atoms with E-state index in [2.05, 4.69) is 0 Å². The molecule has 2 amide bonds. The summed E-state index contributed by atoms with van der Waals surface area (Å²) in [5.41, 5.74) is 5.42. The number of unbranched alkanes of at least 4 members (excludes halogenated alkanes) is 2. The molecule has 0 aromatic carbocycles. The number of carbonyl (C=O) groups excluding carboxylic acids is 2. The van der Waals surface area contributed by atoms with E-state index in [0.717, 1.165) is 32.1 Å². The van der Waals surface area contributed by atoms with Crippen LogP contribution in [0.3, 0.4) is 0 Å². The Kier molecular flexibility index (Phi) is 5.62. The minimum Gasteiger partial charge on any atom is -0.330 e. The fraction of sp³-hybridized carbons (Fsp3) is 0.846. The van der Waals surface area contributed by atoms with Crippen LogP contribution in [0, 0.1) is 11.8 Å². The summed E-state index contributed by atoms with van der Waals surface area (Å²) >= 11 is 0. The molecule has 0 radical (unpaired) electrons. The summed E-state index contributed by atoms with van der Waals surface area (Å²) in [5, 5.41) is 0. The summed E-state index contributed by atoms with van der Waals surface area (Å²) in [4.78, 5) is 25.6. The number of carbonyl (C=O) groups is 2. The molecule has 0 aromatic heterocycles. The van der Waals surface area contributed by atoms with Gasteiger partial charge < -0.3 is 5.73 Å². The Hall–Kier alpha value is -0.900. The van der Waals surface area contributed by atoms with Crippen molar-refractivity contribution in [3.8, 4) is 0 Å². The van der Waals surface area contributed by atoms with Crippen molar-refractivity contribution in [3.05, 3.63) is 0 Å². The lowest BCUT2D eigenvalue weighted by molar-refractivity contribution is -0.140. The Morgan fingerprint density at radius 3 is 1.94 bits per heavy atom. The van der Waals surface area contributed by atoms with Crippen LogP contribution in [0.1, 0.15) is 46.0 Å². The van der Waals surface area contributed by atoms with Gasteiger partial charge in [0.05, 0.1) is 0 Å². The van der Waals surface area contributed by atoms with Crippen LogP contribution in [0.15, 0.2) is 0 Å². The summed E-state index contributed by atoms with van der Waals surface area (Å²) in [6.07, 6.45) is 4.36. The van der Waals surface area contributed by atoms with Gasteiger partial charge in [-0.15, -0.1) is 0 Å². The van der Waals surface area contributed by atoms with Crippen molar-refractivity contribution >= 4 is 11.8 Å².